The number of rotatable bonds is 9. The highest BCUT2D eigenvalue weighted by atomic mass is 19.1. The number of hydrogen-bond donors (Lipinski definition) is 0. The van der Waals surface area contributed by atoms with Crippen LogP contribution in [0, 0.1) is 17.6 Å². The van der Waals surface area contributed by atoms with Crippen molar-refractivity contribution in [1.82, 2.24) is 0 Å². The molecule has 0 saturated heterocycles. The molecule has 0 bridgehead atoms. The first kappa shape index (κ1) is 20.0. The van der Waals surface area contributed by atoms with Crippen molar-refractivity contribution in [3.8, 4) is 0 Å². The lowest BCUT2D eigenvalue weighted by Crippen LogP contribution is -2.15. The highest BCUT2D eigenvalue weighted by Crippen LogP contribution is 2.29. The zero-order valence-corrected chi connectivity index (χ0v) is 16.6. The molecule has 3 rings (SSSR count). The molecule has 146 valence electrons. The van der Waals surface area contributed by atoms with Crippen molar-refractivity contribution in [3.63, 3.8) is 0 Å². The zero-order chi connectivity index (χ0) is 19.1. The SMILES string of the molecule is CCCCCCCc1ccc(CCC2CCc3cc(F)ccc3C2)c(F)c1. The number of fused-ring (bicyclic) bond motifs is 1. The highest BCUT2D eigenvalue weighted by molar-refractivity contribution is 5.31. The van der Waals surface area contributed by atoms with Gasteiger partial charge < -0.3 is 0 Å². The molecule has 0 N–H and O–H groups in total. The molecule has 0 nitrogen and oxygen atoms in total. The predicted octanol–water partition coefficient (Wildman–Crippen LogP) is 7.22. The van der Waals surface area contributed by atoms with Crippen LogP contribution in [0.25, 0.3) is 0 Å². The van der Waals surface area contributed by atoms with Crippen LogP contribution >= 0.6 is 0 Å². The van der Waals surface area contributed by atoms with Gasteiger partial charge in [0.1, 0.15) is 11.6 Å². The molecule has 0 radical (unpaired) electrons. The molecule has 0 saturated carbocycles. The molecule has 0 heterocycles. The number of benzene rings is 2. The molecule has 1 aliphatic carbocycles. The van der Waals surface area contributed by atoms with Gasteiger partial charge in [-0.05, 0) is 91.3 Å². The van der Waals surface area contributed by atoms with Crippen LogP contribution in [0.3, 0.4) is 0 Å². The van der Waals surface area contributed by atoms with Crippen LogP contribution in [-0.4, -0.2) is 0 Å². The van der Waals surface area contributed by atoms with Crippen molar-refractivity contribution in [2.75, 3.05) is 0 Å². The molecular formula is C25H32F2. The Labute approximate surface area is 163 Å². The summed E-state index contributed by atoms with van der Waals surface area (Å²) in [6.07, 6.45) is 12.0. The molecule has 27 heavy (non-hydrogen) atoms. The van der Waals surface area contributed by atoms with Crippen molar-refractivity contribution in [2.24, 2.45) is 5.92 Å². The summed E-state index contributed by atoms with van der Waals surface area (Å²) in [5.41, 5.74) is 4.39. The van der Waals surface area contributed by atoms with E-state index in [1.54, 1.807) is 18.2 Å². The van der Waals surface area contributed by atoms with Crippen LogP contribution in [0.4, 0.5) is 8.78 Å². The van der Waals surface area contributed by atoms with Crippen LogP contribution in [0.5, 0.6) is 0 Å². The molecule has 0 fully saturated rings. The van der Waals surface area contributed by atoms with E-state index in [-0.39, 0.29) is 11.6 Å². The van der Waals surface area contributed by atoms with Crippen LogP contribution in [-0.2, 0) is 25.7 Å². The van der Waals surface area contributed by atoms with Crippen molar-refractivity contribution in [3.05, 3.63) is 70.3 Å². The first-order valence-corrected chi connectivity index (χ1v) is 10.7. The summed E-state index contributed by atoms with van der Waals surface area (Å²) in [5.74, 6) is 0.389. The van der Waals surface area contributed by atoms with E-state index in [4.69, 9.17) is 0 Å². The fourth-order valence-electron chi connectivity index (χ4n) is 4.29. The summed E-state index contributed by atoms with van der Waals surface area (Å²) in [4.78, 5) is 0. The number of hydrogen-bond acceptors (Lipinski definition) is 0. The van der Waals surface area contributed by atoms with Crippen LogP contribution in [0.2, 0.25) is 0 Å². The maximum atomic E-state index is 14.5. The second kappa shape index (κ2) is 10.0. The van der Waals surface area contributed by atoms with Gasteiger partial charge in [-0.2, -0.15) is 0 Å². The summed E-state index contributed by atoms with van der Waals surface area (Å²) in [6, 6.07) is 11.0. The van der Waals surface area contributed by atoms with E-state index >= 15 is 0 Å². The van der Waals surface area contributed by atoms with Gasteiger partial charge in [-0.1, -0.05) is 50.8 Å². The van der Waals surface area contributed by atoms with Gasteiger partial charge >= 0.3 is 0 Å². The van der Waals surface area contributed by atoms with E-state index < -0.39 is 0 Å². The van der Waals surface area contributed by atoms with Gasteiger partial charge in [0.15, 0.2) is 0 Å². The Morgan fingerprint density at radius 1 is 0.889 bits per heavy atom. The third-order valence-electron chi connectivity index (χ3n) is 6.01. The topological polar surface area (TPSA) is 0 Å². The van der Waals surface area contributed by atoms with Gasteiger partial charge in [0.2, 0.25) is 0 Å². The number of unbranched alkanes of at least 4 members (excludes halogenated alkanes) is 4. The second-order valence-electron chi connectivity index (χ2n) is 8.15. The van der Waals surface area contributed by atoms with Crippen LogP contribution in [0.15, 0.2) is 36.4 Å². The normalized spacial score (nSPS) is 16.3. The Balaban J connectivity index is 1.47. The summed E-state index contributed by atoms with van der Waals surface area (Å²) in [6.45, 7) is 2.22. The van der Waals surface area contributed by atoms with Crippen LogP contribution in [0.1, 0.15) is 74.1 Å². The zero-order valence-electron chi connectivity index (χ0n) is 16.6. The minimum Gasteiger partial charge on any atom is -0.207 e. The Morgan fingerprint density at radius 2 is 1.74 bits per heavy atom. The monoisotopic (exact) mass is 370 g/mol. The third-order valence-corrected chi connectivity index (χ3v) is 6.01. The molecule has 1 unspecified atom stereocenters. The van der Waals surface area contributed by atoms with Gasteiger partial charge in [-0.3, -0.25) is 0 Å². The Hall–Kier alpha value is -1.70. The summed E-state index contributed by atoms with van der Waals surface area (Å²) < 4.78 is 27.8. The van der Waals surface area contributed by atoms with Crippen LogP contribution < -0.4 is 0 Å². The molecule has 0 amide bonds. The molecule has 2 aromatic carbocycles. The van der Waals surface area contributed by atoms with Gasteiger partial charge in [0.05, 0.1) is 0 Å². The highest BCUT2D eigenvalue weighted by Gasteiger charge is 2.19. The van der Waals surface area contributed by atoms with Gasteiger partial charge in [-0.15, -0.1) is 0 Å². The fourth-order valence-corrected chi connectivity index (χ4v) is 4.29. The maximum absolute atomic E-state index is 14.5. The Morgan fingerprint density at radius 3 is 2.56 bits per heavy atom. The molecular weight excluding hydrogens is 338 g/mol. The van der Waals surface area contributed by atoms with E-state index in [1.807, 2.05) is 12.1 Å². The third kappa shape index (κ3) is 5.89. The minimum atomic E-state index is -0.139. The lowest BCUT2D eigenvalue weighted by Gasteiger charge is -2.24. The van der Waals surface area contributed by atoms with Gasteiger partial charge in [-0.25, -0.2) is 8.78 Å². The molecule has 2 heteroatoms. The van der Waals surface area contributed by atoms with Crippen molar-refractivity contribution in [2.45, 2.75) is 77.6 Å². The average Bonchev–Trinajstić information content (AvgIpc) is 2.67. The number of halogens is 2. The summed E-state index contributed by atoms with van der Waals surface area (Å²) in [7, 11) is 0. The lowest BCUT2D eigenvalue weighted by molar-refractivity contribution is 0.422. The summed E-state index contributed by atoms with van der Waals surface area (Å²) >= 11 is 0. The van der Waals surface area contributed by atoms with E-state index in [2.05, 4.69) is 13.0 Å². The van der Waals surface area contributed by atoms with E-state index in [0.29, 0.717) is 5.92 Å². The molecule has 0 spiro atoms. The molecule has 0 aromatic heterocycles. The van der Waals surface area contributed by atoms with E-state index in [1.165, 1.54) is 31.2 Å². The minimum absolute atomic E-state index is 0.0423. The van der Waals surface area contributed by atoms with Crippen molar-refractivity contribution < 1.29 is 8.78 Å². The second-order valence-corrected chi connectivity index (χ2v) is 8.15. The molecule has 0 aliphatic heterocycles. The number of aryl methyl sites for hydroxylation is 3. The lowest BCUT2D eigenvalue weighted by atomic mass is 9.81. The smallest absolute Gasteiger partial charge is 0.126 e. The molecule has 1 aliphatic rings. The standard InChI is InChI=1S/C25H32F2/c1-2-3-4-5-6-7-19-8-11-21(25(27)17-19)12-9-20-10-13-23-18-24(26)15-14-22(23)16-20/h8,11,14-15,17-18,20H,2-7,9-10,12-13,16H2,1H3. The van der Waals surface area contributed by atoms with Crippen molar-refractivity contribution >= 4 is 0 Å². The first-order valence-electron chi connectivity index (χ1n) is 10.7. The first-order chi connectivity index (χ1) is 13.2. The molecule has 2 aromatic rings. The summed E-state index contributed by atoms with van der Waals surface area (Å²) in [5, 5.41) is 0. The van der Waals surface area contributed by atoms with E-state index in [9.17, 15) is 8.78 Å². The predicted molar refractivity (Wildman–Crippen MR) is 109 cm³/mol. The average molecular weight is 371 g/mol. The van der Waals surface area contributed by atoms with E-state index in [0.717, 1.165) is 61.6 Å². The maximum Gasteiger partial charge on any atom is 0.126 e. The van der Waals surface area contributed by atoms with Gasteiger partial charge in [0.25, 0.3) is 0 Å². The molecule has 1 atom stereocenters. The Bertz CT molecular complexity index is 735. The quantitative estimate of drug-likeness (QED) is 0.409. The largest absolute Gasteiger partial charge is 0.207 e. The fraction of sp³-hybridized carbons (Fsp3) is 0.520. The van der Waals surface area contributed by atoms with Gasteiger partial charge in [0, 0.05) is 0 Å². The Kier molecular flexibility index (Phi) is 7.43. The van der Waals surface area contributed by atoms with Crippen molar-refractivity contribution in [1.29, 1.82) is 0 Å².